The third-order valence-corrected chi connectivity index (χ3v) is 6.45. The zero-order valence-corrected chi connectivity index (χ0v) is 19.2. The van der Waals surface area contributed by atoms with Crippen molar-refractivity contribution in [3.63, 3.8) is 0 Å². The van der Waals surface area contributed by atoms with Gasteiger partial charge in [0.05, 0.1) is 24.9 Å². The second-order valence-electron chi connectivity index (χ2n) is 7.47. The first kappa shape index (κ1) is 21.7. The molecule has 4 heterocycles. The molecule has 0 aromatic carbocycles. The van der Waals surface area contributed by atoms with Gasteiger partial charge in [0.25, 0.3) is 5.56 Å². The van der Waals surface area contributed by atoms with Gasteiger partial charge >= 0.3 is 5.97 Å². The third-order valence-electron chi connectivity index (χ3n) is 5.27. The second-order valence-corrected chi connectivity index (χ2v) is 8.47. The molecule has 0 bridgehead atoms. The van der Waals surface area contributed by atoms with Crippen molar-refractivity contribution < 1.29 is 18.8 Å². The maximum atomic E-state index is 13.1. The second kappa shape index (κ2) is 8.19. The highest BCUT2D eigenvalue weighted by Crippen LogP contribution is 2.27. The summed E-state index contributed by atoms with van der Waals surface area (Å²) < 4.78 is 13.3. The molecule has 0 spiro atoms. The summed E-state index contributed by atoms with van der Waals surface area (Å²) in [7, 11) is 0. The zero-order chi connectivity index (χ0) is 23.2. The summed E-state index contributed by atoms with van der Waals surface area (Å²) in [6, 6.07) is 3.56. The van der Waals surface area contributed by atoms with E-state index in [1.54, 1.807) is 32.9 Å². The molecule has 0 saturated carbocycles. The molecule has 0 fully saturated rings. The van der Waals surface area contributed by atoms with E-state index in [4.69, 9.17) is 9.26 Å². The predicted octanol–water partition coefficient (Wildman–Crippen LogP) is 3.53. The molecule has 0 saturated heterocycles. The number of Topliss-reactive ketones (excluding diaryl/α,β-unsaturated/α-hetero) is 1. The van der Waals surface area contributed by atoms with E-state index in [1.165, 1.54) is 10.9 Å². The van der Waals surface area contributed by atoms with E-state index in [9.17, 15) is 14.4 Å². The lowest BCUT2D eigenvalue weighted by molar-refractivity contribution is 0.0531. The number of aromatic nitrogens is 4. The highest BCUT2D eigenvalue weighted by Gasteiger charge is 2.22. The molecule has 0 radical (unpaired) electrons. The van der Waals surface area contributed by atoms with Crippen molar-refractivity contribution in [2.24, 2.45) is 0 Å². The van der Waals surface area contributed by atoms with Crippen LogP contribution in [0.1, 0.15) is 49.7 Å². The van der Waals surface area contributed by atoms with Crippen LogP contribution in [0.3, 0.4) is 0 Å². The number of rotatable bonds is 6. The van der Waals surface area contributed by atoms with Gasteiger partial charge in [0.2, 0.25) is 0 Å². The van der Waals surface area contributed by atoms with Gasteiger partial charge in [0.15, 0.2) is 11.6 Å². The lowest BCUT2D eigenvalue weighted by atomic mass is 10.1. The summed E-state index contributed by atoms with van der Waals surface area (Å²) in [5.41, 5.74) is 2.17. The summed E-state index contributed by atoms with van der Waals surface area (Å²) in [5.74, 6) is 0.550. The first-order chi connectivity index (χ1) is 15.2. The lowest BCUT2D eigenvalue weighted by Gasteiger charge is -2.07. The van der Waals surface area contributed by atoms with Crippen LogP contribution in [0.2, 0.25) is 0 Å². The number of fused-ring (bicyclic) bond motifs is 1. The van der Waals surface area contributed by atoms with E-state index in [0.29, 0.717) is 43.5 Å². The average Bonchev–Trinajstić information content (AvgIpc) is 3.40. The smallest absolute Gasteiger partial charge is 0.348 e. The molecule has 166 valence electrons. The van der Waals surface area contributed by atoms with Crippen LogP contribution >= 0.6 is 11.3 Å². The van der Waals surface area contributed by atoms with E-state index in [-0.39, 0.29) is 24.5 Å². The summed E-state index contributed by atoms with van der Waals surface area (Å²) >= 11 is 1.11. The Morgan fingerprint density at radius 2 is 1.94 bits per heavy atom. The Kier molecular flexibility index (Phi) is 5.55. The van der Waals surface area contributed by atoms with E-state index >= 15 is 0 Å². The molecule has 32 heavy (non-hydrogen) atoms. The number of nitrogens with zero attached hydrogens (tertiary/aromatic N) is 4. The van der Waals surface area contributed by atoms with Gasteiger partial charge in [0.1, 0.15) is 15.5 Å². The maximum Gasteiger partial charge on any atom is 0.348 e. The number of thiophene rings is 1. The van der Waals surface area contributed by atoms with Crippen molar-refractivity contribution >= 4 is 33.3 Å². The topological polar surface area (TPSA) is 109 Å². The van der Waals surface area contributed by atoms with Crippen molar-refractivity contribution in [3.8, 4) is 5.82 Å². The van der Waals surface area contributed by atoms with Crippen molar-refractivity contribution in [3.05, 3.63) is 62.0 Å². The standard InChI is InChI=1S/C22H22N4O5S/c1-6-30-22(29)19-13(4)18-20(32-19)23-10-25(21(18)28)9-16(27)15-7-11(2)26(14(15)5)17-8-12(3)31-24-17/h7-8,10H,6,9H2,1-5H3. The molecule has 4 aromatic heterocycles. The molecule has 0 amide bonds. The molecular weight excluding hydrogens is 432 g/mol. The lowest BCUT2D eigenvalue weighted by Crippen LogP contribution is -2.25. The van der Waals surface area contributed by atoms with Gasteiger partial charge in [-0.2, -0.15) is 0 Å². The number of carbonyl (C=O) groups excluding carboxylic acids is 2. The number of hydrogen-bond donors (Lipinski definition) is 0. The molecule has 0 N–H and O–H groups in total. The van der Waals surface area contributed by atoms with E-state index in [1.807, 2.05) is 18.4 Å². The first-order valence-electron chi connectivity index (χ1n) is 10.0. The van der Waals surface area contributed by atoms with Gasteiger partial charge in [-0.05, 0) is 46.2 Å². The Morgan fingerprint density at radius 1 is 1.19 bits per heavy atom. The Labute approximate surface area is 187 Å². The summed E-state index contributed by atoms with van der Waals surface area (Å²) in [6.07, 6.45) is 1.34. The normalized spacial score (nSPS) is 11.3. The fourth-order valence-corrected chi connectivity index (χ4v) is 4.79. The SMILES string of the molecule is CCOC(=O)c1sc2ncn(CC(=O)c3cc(C)n(-c4cc(C)on4)c3C)c(=O)c2c1C. The molecule has 0 atom stereocenters. The van der Waals surface area contributed by atoms with Crippen LogP contribution in [0, 0.1) is 27.7 Å². The fraction of sp³-hybridized carbons (Fsp3) is 0.318. The number of ether oxygens (including phenoxy) is 1. The Hall–Kier alpha value is -3.53. The van der Waals surface area contributed by atoms with E-state index in [2.05, 4.69) is 10.1 Å². The van der Waals surface area contributed by atoms with Crippen molar-refractivity contribution in [2.45, 2.75) is 41.2 Å². The number of esters is 1. The van der Waals surface area contributed by atoms with Gasteiger partial charge in [0, 0.05) is 23.0 Å². The van der Waals surface area contributed by atoms with Crippen LogP contribution in [0.25, 0.3) is 16.0 Å². The number of aryl methyl sites for hydroxylation is 3. The van der Waals surface area contributed by atoms with Gasteiger partial charge in [-0.25, -0.2) is 9.78 Å². The highest BCUT2D eigenvalue weighted by molar-refractivity contribution is 7.20. The van der Waals surface area contributed by atoms with Gasteiger partial charge in [-0.1, -0.05) is 5.16 Å². The quantitative estimate of drug-likeness (QED) is 0.324. The van der Waals surface area contributed by atoms with Crippen LogP contribution in [0.4, 0.5) is 0 Å². The van der Waals surface area contributed by atoms with Crippen LogP contribution in [-0.4, -0.2) is 37.6 Å². The van der Waals surface area contributed by atoms with Crippen molar-refractivity contribution in [1.82, 2.24) is 19.3 Å². The highest BCUT2D eigenvalue weighted by atomic mass is 32.1. The Morgan fingerprint density at radius 3 is 2.59 bits per heavy atom. The minimum absolute atomic E-state index is 0.173. The molecule has 4 aromatic rings. The van der Waals surface area contributed by atoms with Gasteiger partial charge in [-0.3, -0.25) is 18.7 Å². The summed E-state index contributed by atoms with van der Waals surface area (Å²) in [4.78, 5) is 43.4. The number of carbonyl (C=O) groups is 2. The number of hydrogen-bond acceptors (Lipinski definition) is 8. The molecule has 0 aliphatic heterocycles. The summed E-state index contributed by atoms with van der Waals surface area (Å²) in [5, 5.41) is 4.36. The maximum absolute atomic E-state index is 13.1. The molecule has 0 unspecified atom stereocenters. The van der Waals surface area contributed by atoms with E-state index < -0.39 is 5.97 Å². The van der Waals surface area contributed by atoms with Crippen LogP contribution < -0.4 is 5.56 Å². The molecule has 4 rings (SSSR count). The first-order valence-corrected chi connectivity index (χ1v) is 10.9. The van der Waals surface area contributed by atoms with Crippen molar-refractivity contribution in [2.75, 3.05) is 6.61 Å². The fourth-order valence-electron chi connectivity index (χ4n) is 3.76. The Bertz CT molecular complexity index is 1420. The number of ketones is 1. The minimum atomic E-state index is -0.481. The molecule has 0 aliphatic rings. The minimum Gasteiger partial charge on any atom is -0.462 e. The third kappa shape index (κ3) is 3.56. The van der Waals surface area contributed by atoms with Crippen LogP contribution in [0.15, 0.2) is 27.8 Å². The van der Waals surface area contributed by atoms with Crippen molar-refractivity contribution in [1.29, 1.82) is 0 Å². The van der Waals surface area contributed by atoms with Gasteiger partial charge < -0.3 is 9.26 Å². The predicted molar refractivity (Wildman–Crippen MR) is 119 cm³/mol. The van der Waals surface area contributed by atoms with Crippen LogP contribution in [-0.2, 0) is 11.3 Å². The monoisotopic (exact) mass is 454 g/mol. The average molecular weight is 455 g/mol. The largest absolute Gasteiger partial charge is 0.462 e. The molecule has 9 nitrogen and oxygen atoms in total. The summed E-state index contributed by atoms with van der Waals surface area (Å²) in [6.45, 7) is 8.97. The van der Waals surface area contributed by atoms with Gasteiger partial charge in [-0.15, -0.1) is 11.3 Å². The Balaban J connectivity index is 1.69. The molecular formula is C22H22N4O5S. The van der Waals surface area contributed by atoms with E-state index in [0.717, 1.165) is 17.0 Å². The molecule has 10 heteroatoms. The zero-order valence-electron chi connectivity index (χ0n) is 18.4. The van der Waals surface area contributed by atoms with Crippen LogP contribution in [0.5, 0.6) is 0 Å². The molecule has 0 aliphatic carbocycles.